The van der Waals surface area contributed by atoms with Gasteiger partial charge in [0, 0.05) is 37.3 Å². The molecule has 1 N–H and O–H groups in total. The standard InChI is InChI=1S/C20H21N5OS/c26-19(17-9-5-2-6-10-17)24-13-11-23(12-14-24)15-25-20(27)21-18(22-25)16-7-3-1-4-8-16/h1-10H,11-15H2,(H,21,22,27). The molecular formula is C20H21N5OS. The van der Waals surface area contributed by atoms with E-state index in [4.69, 9.17) is 12.2 Å². The van der Waals surface area contributed by atoms with Crippen LogP contribution in [-0.2, 0) is 6.67 Å². The highest BCUT2D eigenvalue weighted by Crippen LogP contribution is 2.14. The fourth-order valence-electron chi connectivity index (χ4n) is 3.23. The normalized spacial score (nSPS) is 15.0. The zero-order valence-electron chi connectivity index (χ0n) is 14.9. The molecule has 0 unspecified atom stereocenters. The maximum Gasteiger partial charge on any atom is 0.253 e. The number of carbonyl (C=O) groups excluding carboxylic acids is 1. The average molecular weight is 379 g/mol. The molecule has 0 radical (unpaired) electrons. The van der Waals surface area contributed by atoms with E-state index in [0.717, 1.165) is 30.0 Å². The Balaban J connectivity index is 1.38. The van der Waals surface area contributed by atoms with Crippen molar-refractivity contribution in [2.45, 2.75) is 6.67 Å². The minimum atomic E-state index is 0.0970. The Labute approximate surface area is 163 Å². The molecule has 138 valence electrons. The minimum absolute atomic E-state index is 0.0970. The Morgan fingerprint density at radius 3 is 2.26 bits per heavy atom. The van der Waals surface area contributed by atoms with Gasteiger partial charge in [0.2, 0.25) is 4.77 Å². The van der Waals surface area contributed by atoms with Crippen LogP contribution < -0.4 is 0 Å². The highest BCUT2D eigenvalue weighted by Gasteiger charge is 2.22. The Kier molecular flexibility index (Phi) is 5.13. The SMILES string of the molecule is O=C(c1ccccc1)N1CCN(Cn2[nH]c(-c3ccccc3)nc2=S)CC1. The lowest BCUT2D eigenvalue weighted by atomic mass is 10.2. The predicted molar refractivity (Wildman–Crippen MR) is 107 cm³/mol. The first-order valence-electron chi connectivity index (χ1n) is 9.00. The van der Waals surface area contributed by atoms with Crippen LogP contribution in [0.2, 0.25) is 0 Å². The molecule has 1 amide bonds. The van der Waals surface area contributed by atoms with Gasteiger partial charge in [-0.05, 0) is 24.4 Å². The fraction of sp³-hybridized carbons (Fsp3) is 0.250. The molecule has 2 heterocycles. The van der Waals surface area contributed by atoms with Crippen LogP contribution in [0.15, 0.2) is 60.7 Å². The second-order valence-corrected chi connectivity index (χ2v) is 6.93. The molecule has 1 saturated heterocycles. The van der Waals surface area contributed by atoms with E-state index in [1.807, 2.05) is 70.2 Å². The van der Waals surface area contributed by atoms with Crippen LogP contribution in [0.3, 0.4) is 0 Å². The van der Waals surface area contributed by atoms with Crippen molar-refractivity contribution < 1.29 is 4.79 Å². The van der Waals surface area contributed by atoms with Gasteiger partial charge in [-0.15, -0.1) is 0 Å². The zero-order chi connectivity index (χ0) is 18.6. The number of piperazine rings is 1. The number of amides is 1. The summed E-state index contributed by atoms with van der Waals surface area (Å²) in [5, 5.41) is 3.28. The molecule has 0 aliphatic carbocycles. The van der Waals surface area contributed by atoms with E-state index in [9.17, 15) is 4.79 Å². The number of rotatable bonds is 4. The van der Waals surface area contributed by atoms with Crippen molar-refractivity contribution in [1.82, 2.24) is 24.6 Å². The van der Waals surface area contributed by atoms with E-state index in [2.05, 4.69) is 15.0 Å². The van der Waals surface area contributed by atoms with Gasteiger partial charge in [-0.3, -0.25) is 14.8 Å². The van der Waals surface area contributed by atoms with Crippen LogP contribution in [0.25, 0.3) is 11.4 Å². The lowest BCUT2D eigenvalue weighted by molar-refractivity contribution is 0.0585. The van der Waals surface area contributed by atoms with Crippen LogP contribution in [0, 0.1) is 4.77 Å². The molecule has 3 aromatic rings. The summed E-state index contributed by atoms with van der Waals surface area (Å²) >= 11 is 5.40. The van der Waals surface area contributed by atoms with Gasteiger partial charge in [-0.1, -0.05) is 48.5 Å². The van der Waals surface area contributed by atoms with Crippen LogP contribution in [0.4, 0.5) is 0 Å². The van der Waals surface area contributed by atoms with E-state index in [-0.39, 0.29) is 5.91 Å². The minimum Gasteiger partial charge on any atom is -0.336 e. The molecule has 2 aromatic carbocycles. The molecule has 4 rings (SSSR count). The van der Waals surface area contributed by atoms with Crippen molar-refractivity contribution in [2.75, 3.05) is 26.2 Å². The Morgan fingerprint density at radius 1 is 0.963 bits per heavy atom. The number of H-pyrrole nitrogens is 1. The van der Waals surface area contributed by atoms with Crippen LogP contribution in [0.5, 0.6) is 0 Å². The van der Waals surface area contributed by atoms with Gasteiger partial charge in [0.05, 0.1) is 6.67 Å². The summed E-state index contributed by atoms with van der Waals surface area (Å²) < 4.78 is 2.42. The van der Waals surface area contributed by atoms with Crippen LogP contribution in [-0.4, -0.2) is 56.7 Å². The Hall–Kier alpha value is -2.77. The summed E-state index contributed by atoms with van der Waals surface area (Å²) in [6.07, 6.45) is 0. The van der Waals surface area contributed by atoms with Crippen molar-refractivity contribution in [3.8, 4) is 11.4 Å². The molecule has 27 heavy (non-hydrogen) atoms. The highest BCUT2D eigenvalue weighted by molar-refractivity contribution is 7.71. The molecule has 0 saturated carbocycles. The first kappa shape index (κ1) is 17.6. The van der Waals surface area contributed by atoms with E-state index in [1.54, 1.807) is 0 Å². The number of benzene rings is 2. The first-order valence-corrected chi connectivity index (χ1v) is 9.40. The van der Waals surface area contributed by atoms with Gasteiger partial charge >= 0.3 is 0 Å². The summed E-state index contributed by atoms with van der Waals surface area (Å²) in [6, 6.07) is 19.4. The number of nitrogens with one attached hydrogen (secondary N) is 1. The smallest absolute Gasteiger partial charge is 0.253 e. The van der Waals surface area contributed by atoms with Crippen LogP contribution in [0.1, 0.15) is 10.4 Å². The number of hydrogen-bond donors (Lipinski definition) is 1. The van der Waals surface area contributed by atoms with E-state index >= 15 is 0 Å². The molecule has 6 nitrogen and oxygen atoms in total. The lowest BCUT2D eigenvalue weighted by Crippen LogP contribution is -2.49. The number of hydrogen-bond acceptors (Lipinski definition) is 4. The second kappa shape index (κ2) is 7.85. The Morgan fingerprint density at radius 2 is 1.59 bits per heavy atom. The van der Waals surface area contributed by atoms with Gasteiger partial charge < -0.3 is 4.90 Å². The molecule has 0 atom stereocenters. The van der Waals surface area contributed by atoms with Gasteiger partial charge in [-0.25, -0.2) is 4.68 Å². The van der Waals surface area contributed by atoms with Crippen molar-refractivity contribution in [2.24, 2.45) is 0 Å². The molecule has 1 aromatic heterocycles. The van der Waals surface area contributed by atoms with Crippen molar-refractivity contribution in [1.29, 1.82) is 0 Å². The monoisotopic (exact) mass is 379 g/mol. The Bertz CT molecular complexity index is 959. The maximum absolute atomic E-state index is 12.5. The summed E-state index contributed by atoms with van der Waals surface area (Å²) in [4.78, 5) is 21.2. The molecule has 1 fully saturated rings. The number of aromatic nitrogens is 3. The third-order valence-electron chi connectivity index (χ3n) is 4.75. The summed E-state index contributed by atoms with van der Waals surface area (Å²) in [7, 11) is 0. The third kappa shape index (κ3) is 3.99. The highest BCUT2D eigenvalue weighted by atomic mass is 32.1. The van der Waals surface area contributed by atoms with Gasteiger partial charge in [-0.2, -0.15) is 4.98 Å². The molecule has 0 bridgehead atoms. The van der Waals surface area contributed by atoms with Crippen molar-refractivity contribution in [3.63, 3.8) is 0 Å². The fourth-order valence-corrected chi connectivity index (χ4v) is 3.43. The maximum atomic E-state index is 12.5. The van der Waals surface area contributed by atoms with Gasteiger partial charge in [0.1, 0.15) is 0 Å². The largest absolute Gasteiger partial charge is 0.336 e. The van der Waals surface area contributed by atoms with Crippen LogP contribution >= 0.6 is 12.2 Å². The molecular weight excluding hydrogens is 358 g/mol. The van der Waals surface area contributed by atoms with Crippen molar-refractivity contribution in [3.05, 3.63) is 71.0 Å². The summed E-state index contributed by atoms with van der Waals surface area (Å²) in [6.45, 7) is 3.67. The van der Waals surface area contributed by atoms with Gasteiger partial charge in [0.25, 0.3) is 5.91 Å². The second-order valence-electron chi connectivity index (χ2n) is 6.57. The summed E-state index contributed by atoms with van der Waals surface area (Å²) in [5.74, 6) is 0.873. The molecule has 0 spiro atoms. The molecule has 7 heteroatoms. The third-order valence-corrected chi connectivity index (χ3v) is 5.06. The topological polar surface area (TPSA) is 57.2 Å². The van der Waals surface area contributed by atoms with E-state index < -0.39 is 0 Å². The quantitative estimate of drug-likeness (QED) is 0.708. The van der Waals surface area contributed by atoms with Gasteiger partial charge in [0.15, 0.2) is 5.82 Å². The molecule has 1 aliphatic rings. The zero-order valence-corrected chi connectivity index (χ0v) is 15.7. The van der Waals surface area contributed by atoms with Crippen molar-refractivity contribution >= 4 is 18.1 Å². The predicted octanol–water partition coefficient (Wildman–Crippen LogP) is 3.02. The van der Waals surface area contributed by atoms with E-state index in [1.165, 1.54) is 0 Å². The lowest BCUT2D eigenvalue weighted by Gasteiger charge is -2.34. The molecule has 1 aliphatic heterocycles. The number of carbonyl (C=O) groups is 1. The first-order chi connectivity index (χ1) is 13.2. The number of aromatic amines is 1. The van der Waals surface area contributed by atoms with E-state index in [0.29, 0.717) is 24.5 Å². The number of nitrogens with zero attached hydrogens (tertiary/aromatic N) is 4. The average Bonchev–Trinajstić information content (AvgIpc) is 3.10. The summed E-state index contributed by atoms with van der Waals surface area (Å²) in [5.41, 5.74) is 1.76.